The Bertz CT molecular complexity index is 875. The van der Waals surface area contributed by atoms with Crippen molar-refractivity contribution in [3.05, 3.63) is 71.6 Å². The van der Waals surface area contributed by atoms with Crippen LogP contribution in [0.1, 0.15) is 21.8 Å². The fourth-order valence-electron chi connectivity index (χ4n) is 2.06. The van der Waals surface area contributed by atoms with Gasteiger partial charge in [0.15, 0.2) is 11.5 Å². The molecule has 0 unspecified atom stereocenters. The second-order valence-corrected chi connectivity index (χ2v) is 5.07. The first kappa shape index (κ1) is 15.5. The molecule has 1 amide bonds. The minimum Gasteiger partial charge on any atom is -0.460 e. The lowest BCUT2D eigenvalue weighted by Crippen LogP contribution is -2.17. The van der Waals surface area contributed by atoms with E-state index in [0.29, 0.717) is 11.5 Å². The van der Waals surface area contributed by atoms with Gasteiger partial charge in [0.1, 0.15) is 11.5 Å². The SMILES string of the molecule is Cc1ccc(-c2cc(C(=O)NN=C/C=C/c3ccccc3)n[nH]2)o1. The van der Waals surface area contributed by atoms with Gasteiger partial charge in [-0.2, -0.15) is 10.2 Å². The third-order valence-corrected chi connectivity index (χ3v) is 3.23. The van der Waals surface area contributed by atoms with Crippen LogP contribution in [0.25, 0.3) is 17.5 Å². The van der Waals surface area contributed by atoms with Crippen LogP contribution in [0.4, 0.5) is 0 Å². The number of hydrogen-bond acceptors (Lipinski definition) is 4. The Morgan fingerprint density at radius 1 is 1.25 bits per heavy atom. The van der Waals surface area contributed by atoms with Crippen molar-refractivity contribution in [2.75, 3.05) is 0 Å². The molecule has 120 valence electrons. The van der Waals surface area contributed by atoms with E-state index in [-0.39, 0.29) is 5.69 Å². The lowest BCUT2D eigenvalue weighted by Gasteiger charge is -1.93. The summed E-state index contributed by atoms with van der Waals surface area (Å²) in [5.41, 5.74) is 4.36. The largest absolute Gasteiger partial charge is 0.460 e. The quantitative estimate of drug-likeness (QED) is 0.558. The predicted molar refractivity (Wildman–Crippen MR) is 92.5 cm³/mol. The maximum Gasteiger partial charge on any atom is 0.291 e. The van der Waals surface area contributed by atoms with Crippen molar-refractivity contribution in [3.8, 4) is 11.5 Å². The van der Waals surface area contributed by atoms with E-state index in [2.05, 4.69) is 20.7 Å². The number of aryl methyl sites for hydroxylation is 1. The molecule has 6 heteroatoms. The maximum absolute atomic E-state index is 12.0. The second kappa shape index (κ2) is 7.23. The van der Waals surface area contributed by atoms with Gasteiger partial charge >= 0.3 is 0 Å². The van der Waals surface area contributed by atoms with Crippen LogP contribution in [0.5, 0.6) is 0 Å². The first-order valence-electron chi connectivity index (χ1n) is 7.40. The lowest BCUT2D eigenvalue weighted by molar-refractivity contribution is 0.0950. The molecule has 0 atom stereocenters. The molecule has 3 rings (SSSR count). The van der Waals surface area contributed by atoms with Crippen molar-refractivity contribution in [2.45, 2.75) is 6.92 Å². The van der Waals surface area contributed by atoms with Crippen molar-refractivity contribution >= 4 is 18.2 Å². The summed E-state index contributed by atoms with van der Waals surface area (Å²) in [5, 5.41) is 10.6. The first-order chi connectivity index (χ1) is 11.7. The molecule has 2 N–H and O–H groups in total. The number of carbonyl (C=O) groups is 1. The molecule has 0 radical (unpaired) electrons. The van der Waals surface area contributed by atoms with Crippen molar-refractivity contribution in [2.24, 2.45) is 5.10 Å². The smallest absolute Gasteiger partial charge is 0.291 e. The van der Waals surface area contributed by atoms with E-state index >= 15 is 0 Å². The molecule has 0 saturated heterocycles. The van der Waals surface area contributed by atoms with Gasteiger partial charge in [0.25, 0.3) is 5.91 Å². The number of H-pyrrole nitrogens is 1. The molecule has 24 heavy (non-hydrogen) atoms. The van der Waals surface area contributed by atoms with Crippen LogP contribution in [0.2, 0.25) is 0 Å². The summed E-state index contributed by atoms with van der Waals surface area (Å²) >= 11 is 0. The molecule has 0 aliphatic rings. The average Bonchev–Trinajstić information content (AvgIpc) is 3.24. The molecule has 0 spiro atoms. The zero-order valence-electron chi connectivity index (χ0n) is 13.1. The van der Waals surface area contributed by atoms with Gasteiger partial charge in [0.05, 0.1) is 0 Å². The Balaban J connectivity index is 1.56. The van der Waals surface area contributed by atoms with E-state index in [1.807, 2.05) is 55.5 Å². The number of aromatic amines is 1. The number of carbonyl (C=O) groups excluding carboxylic acids is 1. The zero-order chi connectivity index (χ0) is 16.8. The van der Waals surface area contributed by atoms with Crippen LogP contribution in [-0.4, -0.2) is 22.3 Å². The third-order valence-electron chi connectivity index (χ3n) is 3.23. The highest BCUT2D eigenvalue weighted by atomic mass is 16.3. The zero-order valence-corrected chi connectivity index (χ0v) is 13.1. The van der Waals surface area contributed by atoms with E-state index in [1.54, 1.807) is 12.1 Å². The molecule has 3 aromatic rings. The Kier molecular flexibility index (Phi) is 4.67. The monoisotopic (exact) mass is 320 g/mol. The van der Waals surface area contributed by atoms with Crippen LogP contribution in [0.3, 0.4) is 0 Å². The van der Waals surface area contributed by atoms with Crippen LogP contribution in [-0.2, 0) is 0 Å². The fraction of sp³-hybridized carbons (Fsp3) is 0.0556. The van der Waals surface area contributed by atoms with E-state index in [1.165, 1.54) is 6.21 Å². The number of hydrogen-bond donors (Lipinski definition) is 2. The van der Waals surface area contributed by atoms with Gasteiger partial charge in [0.2, 0.25) is 0 Å². The second-order valence-electron chi connectivity index (χ2n) is 5.07. The van der Waals surface area contributed by atoms with Crippen molar-refractivity contribution < 1.29 is 9.21 Å². The van der Waals surface area contributed by atoms with Gasteiger partial charge in [-0.05, 0) is 30.7 Å². The topological polar surface area (TPSA) is 83.3 Å². The minimum absolute atomic E-state index is 0.239. The number of hydrazone groups is 1. The highest BCUT2D eigenvalue weighted by Crippen LogP contribution is 2.20. The number of aromatic nitrogens is 2. The summed E-state index contributed by atoms with van der Waals surface area (Å²) < 4.78 is 5.48. The van der Waals surface area contributed by atoms with E-state index in [0.717, 1.165) is 11.3 Å². The molecule has 1 aromatic carbocycles. The summed E-state index contributed by atoms with van der Waals surface area (Å²) in [6.45, 7) is 1.85. The Labute approximate surface area is 138 Å². The molecular formula is C18H16N4O2. The molecule has 0 aliphatic carbocycles. The summed E-state index contributed by atoms with van der Waals surface area (Å²) in [7, 11) is 0. The number of allylic oxidation sites excluding steroid dienone is 1. The van der Waals surface area contributed by atoms with Gasteiger partial charge in [-0.1, -0.05) is 36.4 Å². The molecule has 0 fully saturated rings. The molecule has 2 heterocycles. The van der Waals surface area contributed by atoms with Crippen LogP contribution >= 0.6 is 0 Å². The predicted octanol–water partition coefficient (Wildman–Crippen LogP) is 3.41. The van der Waals surface area contributed by atoms with Gasteiger partial charge in [-0.25, -0.2) is 5.43 Å². The Morgan fingerprint density at radius 3 is 2.83 bits per heavy atom. The normalized spacial score (nSPS) is 11.4. The van der Waals surface area contributed by atoms with Crippen molar-refractivity contribution in [1.82, 2.24) is 15.6 Å². The lowest BCUT2D eigenvalue weighted by atomic mass is 10.2. The van der Waals surface area contributed by atoms with Gasteiger partial charge in [0, 0.05) is 12.3 Å². The van der Waals surface area contributed by atoms with E-state index in [4.69, 9.17) is 4.42 Å². The van der Waals surface area contributed by atoms with E-state index < -0.39 is 5.91 Å². The molecule has 0 saturated carbocycles. The summed E-state index contributed by atoms with van der Waals surface area (Å²) in [5.74, 6) is 1.03. The number of benzene rings is 1. The first-order valence-corrected chi connectivity index (χ1v) is 7.40. The molecule has 0 aliphatic heterocycles. The number of rotatable bonds is 5. The number of furan rings is 1. The van der Waals surface area contributed by atoms with Crippen molar-refractivity contribution in [3.63, 3.8) is 0 Å². The standard InChI is InChI=1S/C18H16N4O2/c1-13-9-10-17(24-13)15-12-16(21-20-15)18(23)22-19-11-5-8-14-6-3-2-4-7-14/h2-12H,1H3,(H,20,21)(H,22,23)/b8-5+,19-11?. The van der Waals surface area contributed by atoms with Gasteiger partial charge in [-0.3, -0.25) is 9.89 Å². The van der Waals surface area contributed by atoms with Crippen LogP contribution in [0.15, 0.2) is 64.1 Å². The maximum atomic E-state index is 12.0. The van der Waals surface area contributed by atoms with Crippen LogP contribution < -0.4 is 5.43 Å². The molecule has 2 aromatic heterocycles. The van der Waals surface area contributed by atoms with Crippen molar-refractivity contribution in [1.29, 1.82) is 0 Å². The fourth-order valence-corrected chi connectivity index (χ4v) is 2.06. The highest BCUT2D eigenvalue weighted by molar-refractivity contribution is 5.93. The van der Waals surface area contributed by atoms with Crippen LogP contribution in [0, 0.1) is 6.92 Å². The summed E-state index contributed by atoms with van der Waals surface area (Å²) in [6, 6.07) is 15.1. The Hall–Kier alpha value is -3.41. The summed E-state index contributed by atoms with van der Waals surface area (Å²) in [6.07, 6.45) is 5.15. The van der Waals surface area contributed by atoms with Gasteiger partial charge < -0.3 is 4.42 Å². The number of amides is 1. The molecular weight excluding hydrogens is 304 g/mol. The highest BCUT2D eigenvalue weighted by Gasteiger charge is 2.12. The minimum atomic E-state index is -0.398. The average molecular weight is 320 g/mol. The molecule has 6 nitrogen and oxygen atoms in total. The Morgan fingerprint density at radius 2 is 2.08 bits per heavy atom. The number of nitrogens with one attached hydrogen (secondary N) is 2. The van der Waals surface area contributed by atoms with E-state index in [9.17, 15) is 4.79 Å². The van der Waals surface area contributed by atoms with Gasteiger partial charge in [-0.15, -0.1) is 0 Å². The molecule has 0 bridgehead atoms. The third kappa shape index (κ3) is 3.86. The summed E-state index contributed by atoms with van der Waals surface area (Å²) in [4.78, 5) is 12.0. The number of nitrogens with zero attached hydrogens (tertiary/aromatic N) is 2.